The third-order valence-corrected chi connectivity index (χ3v) is 5.83. The second-order valence-electron chi connectivity index (χ2n) is 8.12. The predicted octanol–water partition coefficient (Wildman–Crippen LogP) is 4.92. The molecular weight excluding hydrogens is 412 g/mol. The summed E-state index contributed by atoms with van der Waals surface area (Å²) < 4.78 is 0. The van der Waals surface area contributed by atoms with Gasteiger partial charge in [0.1, 0.15) is 11.5 Å². The largest absolute Gasteiger partial charge is 0.321 e. The van der Waals surface area contributed by atoms with E-state index in [1.165, 1.54) is 11.9 Å². The Morgan fingerprint density at radius 2 is 1.94 bits per heavy atom. The number of hydrogen-bond acceptors (Lipinski definition) is 5. The number of carbonyl (C=O) groups excluding carboxylic acids is 1. The number of rotatable bonds is 8. The van der Waals surface area contributed by atoms with Gasteiger partial charge >= 0.3 is 0 Å². The van der Waals surface area contributed by atoms with Crippen LogP contribution in [0.1, 0.15) is 54.0 Å². The van der Waals surface area contributed by atoms with Crippen molar-refractivity contribution in [2.45, 2.75) is 45.6 Å². The summed E-state index contributed by atoms with van der Waals surface area (Å²) in [5, 5.41) is 18.9. The number of amides is 1. The Morgan fingerprint density at radius 1 is 1.12 bits per heavy atom. The highest BCUT2D eigenvalue weighted by Gasteiger charge is 2.30. The minimum Gasteiger partial charge on any atom is -0.321 e. The number of carbonyl (C=O) groups is 1. The molecule has 1 aromatic carbocycles. The SMILES string of the molecule is CCc1cc(-c2ccnc(C(=O)Nc3cccc(C(=N)N(C=N)C4CC4)c3)c2)cnc1CC. The van der Waals surface area contributed by atoms with Crippen molar-refractivity contribution < 1.29 is 4.79 Å². The second kappa shape index (κ2) is 9.73. The molecule has 0 spiro atoms. The Balaban J connectivity index is 1.53. The van der Waals surface area contributed by atoms with Crippen LogP contribution in [-0.4, -0.2) is 39.0 Å². The van der Waals surface area contributed by atoms with Crippen LogP contribution in [0.4, 0.5) is 5.69 Å². The lowest BCUT2D eigenvalue weighted by molar-refractivity contribution is 0.102. The highest BCUT2D eigenvalue weighted by atomic mass is 16.1. The molecule has 3 aromatic rings. The summed E-state index contributed by atoms with van der Waals surface area (Å²) >= 11 is 0. The van der Waals surface area contributed by atoms with E-state index in [4.69, 9.17) is 10.8 Å². The molecule has 0 aliphatic heterocycles. The number of aryl methyl sites for hydroxylation is 2. The molecule has 1 aliphatic rings. The van der Waals surface area contributed by atoms with Gasteiger partial charge in [-0.25, -0.2) is 0 Å². The van der Waals surface area contributed by atoms with Crippen LogP contribution in [0.3, 0.4) is 0 Å². The maximum atomic E-state index is 12.9. The Morgan fingerprint density at radius 3 is 2.64 bits per heavy atom. The lowest BCUT2D eigenvalue weighted by Crippen LogP contribution is -2.31. The first-order chi connectivity index (χ1) is 16.0. The van der Waals surface area contributed by atoms with Gasteiger partial charge in [0.15, 0.2) is 0 Å². The summed E-state index contributed by atoms with van der Waals surface area (Å²) in [4.78, 5) is 23.4. The fourth-order valence-electron chi connectivity index (χ4n) is 3.85. The van der Waals surface area contributed by atoms with Gasteiger partial charge in [-0.1, -0.05) is 26.0 Å². The lowest BCUT2D eigenvalue weighted by atomic mass is 10.0. The maximum Gasteiger partial charge on any atom is 0.274 e. The van der Waals surface area contributed by atoms with Crippen LogP contribution in [0.25, 0.3) is 11.1 Å². The van der Waals surface area contributed by atoms with Crippen molar-refractivity contribution in [3.63, 3.8) is 0 Å². The minimum atomic E-state index is -0.319. The molecule has 4 rings (SSSR count). The molecule has 7 heteroatoms. The third-order valence-electron chi connectivity index (χ3n) is 5.83. The highest BCUT2D eigenvalue weighted by Crippen LogP contribution is 2.27. The van der Waals surface area contributed by atoms with Crippen LogP contribution in [0.15, 0.2) is 54.9 Å². The van der Waals surface area contributed by atoms with E-state index in [9.17, 15) is 4.79 Å². The zero-order chi connectivity index (χ0) is 23.4. The summed E-state index contributed by atoms with van der Waals surface area (Å²) in [7, 11) is 0. The standard InChI is InChI=1S/C26H28N6O/c1-3-17-12-20(15-30-23(17)4-2)18-10-11-29-24(14-18)26(33)31-21-7-5-6-19(13-21)25(28)32(16-27)22-8-9-22/h5-7,10-16,22,27-28H,3-4,8-9H2,1-2H3,(H,31,33). The van der Waals surface area contributed by atoms with Gasteiger partial charge in [-0.05, 0) is 67.1 Å². The lowest BCUT2D eigenvalue weighted by Gasteiger charge is -2.19. The van der Waals surface area contributed by atoms with Crippen LogP contribution in [-0.2, 0) is 12.8 Å². The van der Waals surface area contributed by atoms with Crippen molar-refractivity contribution in [2.75, 3.05) is 5.32 Å². The molecule has 7 nitrogen and oxygen atoms in total. The van der Waals surface area contributed by atoms with E-state index in [0.29, 0.717) is 16.9 Å². The maximum absolute atomic E-state index is 12.9. The average Bonchev–Trinajstić information content (AvgIpc) is 3.69. The number of nitrogens with zero attached hydrogens (tertiary/aromatic N) is 3. The predicted molar refractivity (Wildman–Crippen MR) is 131 cm³/mol. The van der Waals surface area contributed by atoms with E-state index < -0.39 is 0 Å². The Labute approximate surface area is 193 Å². The second-order valence-corrected chi connectivity index (χ2v) is 8.12. The van der Waals surface area contributed by atoms with Crippen LogP contribution in [0.5, 0.6) is 0 Å². The van der Waals surface area contributed by atoms with Gasteiger partial charge in [0.2, 0.25) is 0 Å². The molecule has 3 N–H and O–H groups in total. The third kappa shape index (κ3) is 4.98. The van der Waals surface area contributed by atoms with Gasteiger partial charge < -0.3 is 10.2 Å². The molecule has 0 atom stereocenters. The number of amidine groups is 1. The van der Waals surface area contributed by atoms with E-state index >= 15 is 0 Å². The van der Waals surface area contributed by atoms with Crippen molar-refractivity contribution in [3.8, 4) is 11.1 Å². The van der Waals surface area contributed by atoms with Gasteiger partial charge in [-0.2, -0.15) is 0 Å². The number of pyridine rings is 2. The van der Waals surface area contributed by atoms with E-state index in [1.54, 1.807) is 35.4 Å². The smallest absolute Gasteiger partial charge is 0.274 e. The van der Waals surface area contributed by atoms with E-state index in [-0.39, 0.29) is 17.8 Å². The van der Waals surface area contributed by atoms with E-state index in [2.05, 4.69) is 35.2 Å². The molecule has 0 radical (unpaired) electrons. The quantitative estimate of drug-likeness (QED) is 0.341. The molecule has 1 aliphatic carbocycles. The van der Waals surface area contributed by atoms with Gasteiger partial charge in [0.25, 0.3) is 5.91 Å². The molecule has 33 heavy (non-hydrogen) atoms. The van der Waals surface area contributed by atoms with Crippen molar-refractivity contribution in [1.29, 1.82) is 10.8 Å². The molecule has 168 valence electrons. The Bertz CT molecular complexity index is 1200. The highest BCUT2D eigenvalue weighted by molar-refractivity contribution is 6.06. The van der Waals surface area contributed by atoms with Gasteiger partial charge in [0, 0.05) is 40.9 Å². The van der Waals surface area contributed by atoms with Gasteiger partial charge in [-0.3, -0.25) is 25.6 Å². The van der Waals surface area contributed by atoms with Crippen molar-refractivity contribution >= 4 is 23.8 Å². The fourth-order valence-corrected chi connectivity index (χ4v) is 3.85. The summed E-state index contributed by atoms with van der Waals surface area (Å²) in [6.45, 7) is 4.21. The zero-order valence-electron chi connectivity index (χ0n) is 18.9. The van der Waals surface area contributed by atoms with E-state index in [0.717, 1.165) is 42.5 Å². The monoisotopic (exact) mass is 440 g/mol. The molecule has 1 amide bonds. The van der Waals surface area contributed by atoms with Crippen LogP contribution in [0, 0.1) is 10.8 Å². The summed E-state index contributed by atoms with van der Waals surface area (Å²) in [5.41, 5.74) is 5.70. The van der Waals surface area contributed by atoms with Gasteiger partial charge in [-0.15, -0.1) is 0 Å². The molecule has 2 heterocycles. The summed E-state index contributed by atoms with van der Waals surface area (Å²) in [5.74, 6) is -0.0565. The number of aromatic nitrogens is 2. The number of nitrogens with one attached hydrogen (secondary N) is 3. The fraction of sp³-hybridized carbons (Fsp3) is 0.269. The Kier molecular flexibility index (Phi) is 6.58. The molecule has 1 fully saturated rings. The number of hydrogen-bond donors (Lipinski definition) is 3. The van der Waals surface area contributed by atoms with Crippen molar-refractivity contribution in [2.24, 2.45) is 0 Å². The first kappa shape index (κ1) is 22.3. The normalized spacial score (nSPS) is 12.8. The molecule has 1 saturated carbocycles. The number of benzene rings is 1. The topological polar surface area (TPSA) is 106 Å². The van der Waals surface area contributed by atoms with Crippen LogP contribution >= 0.6 is 0 Å². The van der Waals surface area contributed by atoms with Crippen molar-refractivity contribution in [1.82, 2.24) is 14.9 Å². The number of anilines is 1. The zero-order valence-corrected chi connectivity index (χ0v) is 18.9. The van der Waals surface area contributed by atoms with Crippen LogP contribution in [0.2, 0.25) is 0 Å². The summed E-state index contributed by atoms with van der Waals surface area (Å²) in [6, 6.07) is 13.2. The average molecular weight is 441 g/mol. The van der Waals surface area contributed by atoms with Crippen LogP contribution < -0.4 is 5.32 Å². The van der Waals surface area contributed by atoms with Gasteiger partial charge in [0.05, 0.1) is 6.34 Å². The molecule has 0 saturated heterocycles. The molecule has 0 unspecified atom stereocenters. The van der Waals surface area contributed by atoms with Crippen molar-refractivity contribution in [3.05, 3.63) is 77.4 Å². The first-order valence-corrected chi connectivity index (χ1v) is 11.3. The molecular formula is C26H28N6O. The Hall–Kier alpha value is -3.87. The molecule has 0 bridgehead atoms. The van der Waals surface area contributed by atoms with E-state index in [1.807, 2.05) is 18.3 Å². The summed E-state index contributed by atoms with van der Waals surface area (Å²) in [6.07, 6.45) is 8.46. The minimum absolute atomic E-state index is 0.231. The molecule has 2 aromatic heterocycles. The first-order valence-electron chi connectivity index (χ1n) is 11.3.